The van der Waals surface area contributed by atoms with Crippen LogP contribution in [0.5, 0.6) is 0 Å². The Labute approximate surface area is 184 Å². The van der Waals surface area contributed by atoms with Crippen molar-refractivity contribution in [2.24, 2.45) is 0 Å². The molecule has 0 amide bonds. The Morgan fingerprint density at radius 1 is 1.11 bits per heavy atom. The van der Waals surface area contributed by atoms with Gasteiger partial charge in [-0.2, -0.15) is 0 Å². The molecule has 3 nitrogen and oxygen atoms in total. The van der Waals surface area contributed by atoms with Gasteiger partial charge in [0.1, 0.15) is 17.0 Å². The first kappa shape index (κ1) is 18.8. The number of nitrogens with one attached hydrogen (secondary N) is 1. The van der Waals surface area contributed by atoms with Crippen LogP contribution in [0.2, 0.25) is 0 Å². The molecule has 0 unspecified atom stereocenters. The fourth-order valence-corrected chi connectivity index (χ4v) is 5.15. The maximum atomic E-state index is 4.59. The van der Waals surface area contributed by atoms with Crippen molar-refractivity contribution in [1.82, 2.24) is 9.97 Å². The topological polar surface area (TPSA) is 37.8 Å². The molecule has 0 bridgehead atoms. The zero-order valence-electron chi connectivity index (χ0n) is 14.9. The first-order valence-electron chi connectivity index (χ1n) is 8.62. The predicted molar refractivity (Wildman–Crippen MR) is 127 cm³/mol. The number of anilines is 2. The van der Waals surface area contributed by atoms with E-state index in [0.717, 1.165) is 32.6 Å². The normalized spacial score (nSPS) is 11.1. The van der Waals surface area contributed by atoms with E-state index in [2.05, 4.69) is 110 Å². The molecule has 4 aromatic rings. The molecule has 2 aromatic heterocycles. The van der Waals surface area contributed by atoms with E-state index in [4.69, 9.17) is 0 Å². The van der Waals surface area contributed by atoms with Gasteiger partial charge in [0.25, 0.3) is 0 Å². The van der Waals surface area contributed by atoms with E-state index in [0.29, 0.717) is 0 Å². The lowest BCUT2D eigenvalue weighted by Crippen LogP contribution is -1.98. The summed E-state index contributed by atoms with van der Waals surface area (Å²) in [5, 5.41) is 4.64. The summed E-state index contributed by atoms with van der Waals surface area (Å²) < 4.78 is 2.30. The maximum Gasteiger partial charge on any atom is 0.143 e. The van der Waals surface area contributed by atoms with Crippen LogP contribution in [-0.2, 0) is 6.42 Å². The van der Waals surface area contributed by atoms with Crippen molar-refractivity contribution in [2.75, 3.05) is 5.32 Å². The van der Waals surface area contributed by atoms with Crippen LogP contribution in [0.1, 0.15) is 17.4 Å². The number of hydrogen-bond donors (Lipinski definition) is 1. The molecule has 6 heteroatoms. The van der Waals surface area contributed by atoms with Crippen LogP contribution >= 0.6 is 49.9 Å². The van der Waals surface area contributed by atoms with Crippen molar-refractivity contribution in [1.29, 1.82) is 0 Å². The zero-order chi connectivity index (χ0) is 19.0. The molecule has 2 aromatic carbocycles. The highest BCUT2D eigenvalue weighted by atomic mass is 127. The van der Waals surface area contributed by atoms with E-state index in [-0.39, 0.29) is 0 Å². The molecular weight excluding hydrogens is 533 g/mol. The molecule has 136 valence electrons. The van der Waals surface area contributed by atoms with Gasteiger partial charge >= 0.3 is 0 Å². The quantitative estimate of drug-likeness (QED) is 0.271. The smallest absolute Gasteiger partial charge is 0.143 e. The van der Waals surface area contributed by atoms with Crippen LogP contribution in [0.15, 0.2) is 53.3 Å². The summed E-state index contributed by atoms with van der Waals surface area (Å²) >= 11 is 7.62. The Hall–Kier alpha value is -1.51. The summed E-state index contributed by atoms with van der Waals surface area (Å²) in [7, 11) is 0. The molecule has 0 saturated heterocycles. The van der Waals surface area contributed by atoms with Gasteiger partial charge in [-0.1, -0.05) is 35.0 Å². The molecular formula is C21H17BrIN3S. The van der Waals surface area contributed by atoms with Gasteiger partial charge in [0.05, 0.1) is 5.39 Å². The van der Waals surface area contributed by atoms with E-state index in [1.165, 1.54) is 25.1 Å². The Morgan fingerprint density at radius 3 is 2.59 bits per heavy atom. The summed E-state index contributed by atoms with van der Waals surface area (Å²) in [6.07, 6.45) is 2.61. The highest BCUT2D eigenvalue weighted by molar-refractivity contribution is 14.1. The van der Waals surface area contributed by atoms with Gasteiger partial charge in [-0.25, -0.2) is 9.97 Å². The first-order chi connectivity index (χ1) is 13.1. The largest absolute Gasteiger partial charge is 0.339 e. The third kappa shape index (κ3) is 3.75. The van der Waals surface area contributed by atoms with Crippen molar-refractivity contribution >= 4 is 71.6 Å². The summed E-state index contributed by atoms with van der Waals surface area (Å²) in [5.74, 6) is 0.859. The Balaban J connectivity index is 1.91. The Kier molecular flexibility index (Phi) is 5.48. The third-order valence-electron chi connectivity index (χ3n) is 4.46. The number of hydrogen-bond acceptors (Lipinski definition) is 4. The zero-order valence-corrected chi connectivity index (χ0v) is 19.4. The number of benzene rings is 2. The molecule has 1 N–H and O–H groups in total. The third-order valence-corrected chi connectivity index (χ3v) is 6.90. The number of aromatic nitrogens is 2. The van der Waals surface area contributed by atoms with Crippen LogP contribution in [0.3, 0.4) is 0 Å². The molecule has 0 atom stereocenters. The number of halogens is 2. The lowest BCUT2D eigenvalue weighted by molar-refractivity contribution is 1.19. The summed E-state index contributed by atoms with van der Waals surface area (Å²) in [6, 6.07) is 14.8. The van der Waals surface area contributed by atoms with Crippen molar-refractivity contribution in [3.05, 3.63) is 67.3 Å². The second-order valence-corrected chi connectivity index (χ2v) is 9.49. The van der Waals surface area contributed by atoms with Crippen molar-refractivity contribution in [2.45, 2.75) is 20.3 Å². The van der Waals surface area contributed by atoms with Gasteiger partial charge < -0.3 is 5.32 Å². The van der Waals surface area contributed by atoms with E-state index in [1.54, 1.807) is 17.7 Å². The van der Waals surface area contributed by atoms with Crippen molar-refractivity contribution in [3.8, 4) is 11.1 Å². The fourth-order valence-electron chi connectivity index (χ4n) is 3.14. The minimum absolute atomic E-state index is 0.859. The molecule has 0 spiro atoms. The van der Waals surface area contributed by atoms with Gasteiger partial charge in [-0.15, -0.1) is 11.3 Å². The number of nitrogens with zero attached hydrogens (tertiary/aromatic N) is 2. The van der Waals surface area contributed by atoms with Crippen LogP contribution < -0.4 is 5.32 Å². The van der Waals surface area contributed by atoms with Gasteiger partial charge in [-0.05, 0) is 77.4 Å². The van der Waals surface area contributed by atoms with E-state index in [1.807, 2.05) is 0 Å². The molecule has 4 rings (SSSR count). The predicted octanol–water partition coefficient (Wildman–Crippen LogP) is 7.34. The minimum Gasteiger partial charge on any atom is -0.339 e. The van der Waals surface area contributed by atoms with Crippen LogP contribution in [-0.4, -0.2) is 9.97 Å². The summed E-state index contributed by atoms with van der Waals surface area (Å²) in [5.41, 5.74) is 4.70. The average Bonchev–Trinajstić information content (AvgIpc) is 3.04. The van der Waals surface area contributed by atoms with Gasteiger partial charge in [0.2, 0.25) is 0 Å². The van der Waals surface area contributed by atoms with Crippen molar-refractivity contribution < 1.29 is 0 Å². The molecule has 0 saturated carbocycles. The van der Waals surface area contributed by atoms with Crippen LogP contribution in [0.25, 0.3) is 21.3 Å². The number of thiophene rings is 1. The Bertz CT molecular complexity index is 1120. The van der Waals surface area contributed by atoms with Gasteiger partial charge in [0.15, 0.2) is 0 Å². The first-order valence-corrected chi connectivity index (χ1v) is 11.3. The number of fused-ring (bicyclic) bond motifs is 1. The lowest BCUT2D eigenvalue weighted by atomic mass is 10.0. The second kappa shape index (κ2) is 7.85. The van der Waals surface area contributed by atoms with E-state index >= 15 is 0 Å². The molecule has 27 heavy (non-hydrogen) atoms. The SMILES string of the molecule is CCc1sc2ncnc(Nc3ccc(I)cc3C)c2c1-c1ccc(Br)cc1. The Morgan fingerprint density at radius 2 is 1.89 bits per heavy atom. The molecule has 0 aliphatic rings. The molecule has 0 aliphatic heterocycles. The number of aryl methyl sites for hydroxylation is 2. The average molecular weight is 550 g/mol. The summed E-state index contributed by atoms with van der Waals surface area (Å²) in [4.78, 5) is 11.5. The van der Waals surface area contributed by atoms with Gasteiger partial charge in [0, 0.05) is 24.2 Å². The molecule has 0 aliphatic carbocycles. The lowest BCUT2D eigenvalue weighted by Gasteiger charge is -2.12. The molecule has 2 heterocycles. The standard InChI is InChI=1S/C21H17BrIN3S/c1-3-17-18(13-4-6-14(22)7-5-13)19-20(24-11-25-21(19)27-17)26-16-9-8-15(23)10-12(16)2/h4-11H,3H2,1-2H3,(H,24,25,26). The highest BCUT2D eigenvalue weighted by Crippen LogP contribution is 2.42. The molecule has 0 radical (unpaired) electrons. The van der Waals surface area contributed by atoms with Crippen LogP contribution in [0, 0.1) is 10.5 Å². The highest BCUT2D eigenvalue weighted by Gasteiger charge is 2.18. The van der Waals surface area contributed by atoms with E-state index < -0.39 is 0 Å². The van der Waals surface area contributed by atoms with Gasteiger partial charge in [-0.3, -0.25) is 0 Å². The van der Waals surface area contributed by atoms with Crippen LogP contribution in [0.4, 0.5) is 11.5 Å². The van der Waals surface area contributed by atoms with Crippen molar-refractivity contribution in [3.63, 3.8) is 0 Å². The maximum absolute atomic E-state index is 4.59. The number of rotatable bonds is 4. The monoisotopic (exact) mass is 549 g/mol. The van der Waals surface area contributed by atoms with E-state index in [9.17, 15) is 0 Å². The minimum atomic E-state index is 0.859. The second-order valence-electron chi connectivity index (χ2n) is 6.25. The molecule has 0 fully saturated rings. The fraction of sp³-hybridized carbons (Fsp3) is 0.143. The summed E-state index contributed by atoms with van der Waals surface area (Å²) in [6.45, 7) is 4.31.